The smallest absolute Gasteiger partial charge is 0.150 e. The quantitative estimate of drug-likeness (QED) is 0.207. The van der Waals surface area contributed by atoms with Gasteiger partial charge in [0.2, 0.25) is 0 Å². The monoisotopic (exact) mass is 181 g/mol. The first-order chi connectivity index (χ1) is 5.77. The lowest BCUT2D eigenvalue weighted by molar-refractivity contribution is 1.23. The van der Waals surface area contributed by atoms with Gasteiger partial charge in [0.05, 0.1) is 0 Å². The second-order valence-corrected chi connectivity index (χ2v) is 2.69. The van der Waals surface area contributed by atoms with Gasteiger partial charge in [0.25, 0.3) is 0 Å². The van der Waals surface area contributed by atoms with Crippen molar-refractivity contribution in [2.75, 3.05) is 0 Å². The van der Waals surface area contributed by atoms with E-state index < -0.39 is 0 Å². The first-order valence-corrected chi connectivity index (χ1v) is 4.14. The SMILES string of the molecule is N/N=C(\N)c1cccc(CS)c1. The molecular weight excluding hydrogens is 170 g/mol. The Hall–Kier alpha value is -1.16. The van der Waals surface area contributed by atoms with Crippen LogP contribution in [0.15, 0.2) is 29.4 Å². The zero-order chi connectivity index (χ0) is 8.97. The molecule has 0 fully saturated rings. The van der Waals surface area contributed by atoms with E-state index in [1.54, 1.807) is 0 Å². The Bertz CT molecular complexity index is 296. The first kappa shape index (κ1) is 8.93. The van der Waals surface area contributed by atoms with Crippen LogP contribution in [0.4, 0.5) is 0 Å². The van der Waals surface area contributed by atoms with Crippen LogP contribution in [0.25, 0.3) is 0 Å². The van der Waals surface area contributed by atoms with Crippen molar-refractivity contribution in [3.8, 4) is 0 Å². The van der Waals surface area contributed by atoms with Crippen LogP contribution in [-0.2, 0) is 5.75 Å². The van der Waals surface area contributed by atoms with Crippen molar-refractivity contribution in [2.24, 2.45) is 16.7 Å². The molecule has 0 saturated heterocycles. The van der Waals surface area contributed by atoms with Crippen molar-refractivity contribution in [1.29, 1.82) is 0 Å². The number of amidine groups is 1. The normalized spacial score (nSPS) is 11.6. The Morgan fingerprint density at radius 1 is 1.50 bits per heavy atom. The van der Waals surface area contributed by atoms with Gasteiger partial charge in [-0.3, -0.25) is 0 Å². The lowest BCUT2D eigenvalue weighted by Crippen LogP contribution is -2.15. The van der Waals surface area contributed by atoms with E-state index in [-0.39, 0.29) is 0 Å². The lowest BCUT2D eigenvalue weighted by atomic mass is 10.1. The summed E-state index contributed by atoms with van der Waals surface area (Å²) in [5.74, 6) is 6.07. The third kappa shape index (κ3) is 1.92. The highest BCUT2D eigenvalue weighted by molar-refractivity contribution is 7.79. The summed E-state index contributed by atoms with van der Waals surface area (Å²) in [5, 5.41) is 3.40. The largest absolute Gasteiger partial charge is 0.382 e. The van der Waals surface area contributed by atoms with Crippen LogP contribution in [-0.4, -0.2) is 5.84 Å². The summed E-state index contributed by atoms with van der Waals surface area (Å²) in [6.07, 6.45) is 0. The molecule has 0 aliphatic heterocycles. The van der Waals surface area contributed by atoms with Crippen LogP contribution in [0, 0.1) is 0 Å². The molecule has 0 unspecified atom stereocenters. The summed E-state index contributed by atoms with van der Waals surface area (Å²) >= 11 is 4.14. The Balaban J connectivity index is 3.02. The molecule has 3 nitrogen and oxygen atoms in total. The highest BCUT2D eigenvalue weighted by Crippen LogP contribution is 2.06. The van der Waals surface area contributed by atoms with Gasteiger partial charge in [0, 0.05) is 11.3 Å². The van der Waals surface area contributed by atoms with E-state index in [2.05, 4.69) is 17.7 Å². The van der Waals surface area contributed by atoms with E-state index in [9.17, 15) is 0 Å². The molecule has 12 heavy (non-hydrogen) atoms. The third-order valence-corrected chi connectivity index (χ3v) is 1.91. The van der Waals surface area contributed by atoms with Crippen molar-refractivity contribution in [3.05, 3.63) is 35.4 Å². The predicted octanol–water partition coefficient (Wildman–Crippen LogP) is 0.695. The first-order valence-electron chi connectivity index (χ1n) is 3.51. The van der Waals surface area contributed by atoms with Crippen LogP contribution < -0.4 is 11.6 Å². The van der Waals surface area contributed by atoms with Crippen molar-refractivity contribution < 1.29 is 0 Å². The molecule has 0 saturated carbocycles. The van der Waals surface area contributed by atoms with Crippen molar-refractivity contribution in [1.82, 2.24) is 0 Å². The van der Waals surface area contributed by atoms with E-state index >= 15 is 0 Å². The predicted molar refractivity (Wildman–Crippen MR) is 54.0 cm³/mol. The number of rotatable bonds is 2. The maximum Gasteiger partial charge on any atom is 0.150 e. The molecule has 0 aliphatic rings. The minimum atomic E-state index is 0.346. The van der Waals surface area contributed by atoms with Gasteiger partial charge >= 0.3 is 0 Å². The molecule has 1 rings (SSSR count). The summed E-state index contributed by atoms with van der Waals surface area (Å²) in [6, 6.07) is 7.65. The number of thiol groups is 1. The molecule has 0 heterocycles. The van der Waals surface area contributed by atoms with Crippen LogP contribution >= 0.6 is 12.6 Å². The maximum atomic E-state index is 5.52. The lowest BCUT2D eigenvalue weighted by Gasteiger charge is -2.00. The summed E-state index contributed by atoms with van der Waals surface area (Å²) in [6.45, 7) is 0. The Morgan fingerprint density at radius 2 is 2.25 bits per heavy atom. The average Bonchev–Trinajstić information content (AvgIpc) is 2.17. The highest BCUT2D eigenvalue weighted by Gasteiger charge is 1.97. The third-order valence-electron chi connectivity index (χ3n) is 1.54. The van der Waals surface area contributed by atoms with Gasteiger partial charge in [0.15, 0.2) is 0 Å². The average molecular weight is 181 g/mol. The molecule has 4 heteroatoms. The number of hydrazone groups is 1. The molecule has 0 amide bonds. The van der Waals surface area contributed by atoms with Gasteiger partial charge in [0.1, 0.15) is 5.84 Å². The molecule has 0 atom stereocenters. The summed E-state index contributed by atoms with van der Waals surface area (Å²) in [7, 11) is 0. The molecule has 0 aromatic heterocycles. The van der Waals surface area contributed by atoms with Crippen LogP contribution in [0.2, 0.25) is 0 Å². The number of hydrogen-bond donors (Lipinski definition) is 3. The van der Waals surface area contributed by atoms with Gasteiger partial charge < -0.3 is 11.6 Å². The Kier molecular flexibility index (Phi) is 2.99. The topological polar surface area (TPSA) is 64.4 Å². The van der Waals surface area contributed by atoms with Gasteiger partial charge in [-0.15, -0.1) is 0 Å². The van der Waals surface area contributed by atoms with Gasteiger partial charge in [-0.05, 0) is 11.6 Å². The fourth-order valence-electron chi connectivity index (χ4n) is 0.904. The second-order valence-electron chi connectivity index (χ2n) is 2.37. The molecule has 0 bridgehead atoms. The standard InChI is InChI=1S/C8H11N3S/c9-8(11-10)7-3-1-2-6(4-7)5-12/h1-4,12H,5,10H2,(H2,9,11). The highest BCUT2D eigenvalue weighted by atomic mass is 32.1. The molecule has 64 valence electrons. The summed E-state index contributed by atoms with van der Waals surface area (Å²) in [5.41, 5.74) is 7.45. The minimum absolute atomic E-state index is 0.346. The number of nitrogens with zero attached hydrogens (tertiary/aromatic N) is 1. The Morgan fingerprint density at radius 3 is 2.83 bits per heavy atom. The van der Waals surface area contributed by atoms with Crippen molar-refractivity contribution >= 4 is 18.5 Å². The van der Waals surface area contributed by atoms with Crippen molar-refractivity contribution in [3.63, 3.8) is 0 Å². The van der Waals surface area contributed by atoms with Gasteiger partial charge in [-0.1, -0.05) is 18.2 Å². The second kappa shape index (κ2) is 4.01. The molecule has 0 radical (unpaired) electrons. The van der Waals surface area contributed by atoms with E-state index in [0.29, 0.717) is 11.6 Å². The van der Waals surface area contributed by atoms with Crippen LogP contribution in [0.3, 0.4) is 0 Å². The maximum absolute atomic E-state index is 5.52. The van der Waals surface area contributed by atoms with E-state index in [4.69, 9.17) is 11.6 Å². The Labute approximate surface area is 76.9 Å². The zero-order valence-electron chi connectivity index (χ0n) is 6.57. The fourth-order valence-corrected chi connectivity index (χ4v) is 1.10. The van der Waals surface area contributed by atoms with E-state index in [0.717, 1.165) is 11.1 Å². The fraction of sp³-hybridized carbons (Fsp3) is 0.125. The minimum Gasteiger partial charge on any atom is -0.382 e. The molecule has 0 aliphatic carbocycles. The number of hydrogen-bond acceptors (Lipinski definition) is 3. The molecule has 0 spiro atoms. The summed E-state index contributed by atoms with van der Waals surface area (Å²) in [4.78, 5) is 0. The zero-order valence-corrected chi connectivity index (χ0v) is 7.46. The molecular formula is C8H11N3S. The van der Waals surface area contributed by atoms with Crippen molar-refractivity contribution in [2.45, 2.75) is 5.75 Å². The van der Waals surface area contributed by atoms with Gasteiger partial charge in [-0.25, -0.2) is 0 Å². The molecule has 4 N–H and O–H groups in total. The van der Waals surface area contributed by atoms with Gasteiger partial charge in [-0.2, -0.15) is 17.7 Å². The summed E-state index contributed by atoms with van der Waals surface area (Å²) < 4.78 is 0. The molecule has 1 aromatic carbocycles. The van der Waals surface area contributed by atoms with Crippen LogP contribution in [0.1, 0.15) is 11.1 Å². The number of benzene rings is 1. The van der Waals surface area contributed by atoms with E-state index in [1.165, 1.54) is 0 Å². The van der Waals surface area contributed by atoms with E-state index in [1.807, 2.05) is 24.3 Å². The van der Waals surface area contributed by atoms with Crippen LogP contribution in [0.5, 0.6) is 0 Å². The molecule has 1 aromatic rings. The number of nitrogens with two attached hydrogens (primary N) is 2.